The van der Waals surface area contributed by atoms with Crippen molar-refractivity contribution in [3.05, 3.63) is 65.7 Å². The van der Waals surface area contributed by atoms with Crippen LogP contribution in [0.15, 0.2) is 54.6 Å². The molecule has 2 aromatic carbocycles. The highest BCUT2D eigenvalue weighted by Crippen LogP contribution is 2.27. The Labute approximate surface area is 248 Å². The van der Waals surface area contributed by atoms with Crippen molar-refractivity contribution in [2.45, 2.75) is 95.5 Å². The van der Waals surface area contributed by atoms with Gasteiger partial charge in [-0.2, -0.15) is 0 Å². The third-order valence-corrected chi connectivity index (χ3v) is 8.18. The number of ether oxygens (including phenoxy) is 1. The van der Waals surface area contributed by atoms with Crippen molar-refractivity contribution in [1.82, 2.24) is 20.4 Å². The van der Waals surface area contributed by atoms with Gasteiger partial charge < -0.3 is 25.2 Å². The summed E-state index contributed by atoms with van der Waals surface area (Å²) >= 11 is 0. The maximum absolute atomic E-state index is 14.0. The molecule has 4 atom stereocenters. The summed E-state index contributed by atoms with van der Waals surface area (Å²) in [6.45, 7) is 6.87. The van der Waals surface area contributed by atoms with Crippen molar-refractivity contribution in [2.24, 2.45) is 0 Å². The Balaban J connectivity index is 1.43. The van der Waals surface area contributed by atoms with Crippen LogP contribution in [0.2, 0.25) is 0 Å². The summed E-state index contributed by atoms with van der Waals surface area (Å²) in [6, 6.07) is 14.7. The van der Waals surface area contributed by atoms with E-state index < -0.39 is 24.2 Å². The molecule has 0 spiro atoms. The van der Waals surface area contributed by atoms with E-state index in [-0.39, 0.29) is 42.1 Å². The SMILES string of the molecule is CC(C)(C)Oc1ccc(C[C@@H]2NC(=O)C[C@H](Cc3ccccc3)NC(=O)[C@@H]3CCCN3C(=O)[C@@H]3CCCN3C2=O)cc1. The van der Waals surface area contributed by atoms with E-state index >= 15 is 0 Å². The van der Waals surface area contributed by atoms with Gasteiger partial charge >= 0.3 is 0 Å². The first-order valence-electron chi connectivity index (χ1n) is 15.1. The number of amides is 4. The summed E-state index contributed by atoms with van der Waals surface area (Å²) in [7, 11) is 0. The second-order valence-corrected chi connectivity index (χ2v) is 12.7. The number of benzene rings is 2. The number of carbonyl (C=O) groups excluding carboxylic acids is 4. The molecule has 0 unspecified atom stereocenters. The van der Waals surface area contributed by atoms with Crippen LogP contribution in [0.1, 0.15) is 64.0 Å². The average Bonchev–Trinajstić information content (AvgIpc) is 3.63. The molecule has 9 heteroatoms. The number of nitrogens with zero attached hydrogens (tertiary/aromatic N) is 2. The van der Waals surface area contributed by atoms with Gasteiger partial charge in [0, 0.05) is 32.0 Å². The minimum Gasteiger partial charge on any atom is -0.488 e. The topological polar surface area (TPSA) is 108 Å². The van der Waals surface area contributed by atoms with E-state index in [1.807, 2.05) is 75.4 Å². The molecule has 42 heavy (non-hydrogen) atoms. The van der Waals surface area contributed by atoms with Crippen molar-refractivity contribution in [2.75, 3.05) is 13.1 Å². The van der Waals surface area contributed by atoms with Gasteiger partial charge in [-0.1, -0.05) is 42.5 Å². The number of hydrogen-bond donors (Lipinski definition) is 2. The van der Waals surface area contributed by atoms with Crippen molar-refractivity contribution >= 4 is 23.6 Å². The van der Waals surface area contributed by atoms with Crippen LogP contribution >= 0.6 is 0 Å². The van der Waals surface area contributed by atoms with E-state index in [0.717, 1.165) is 23.3 Å². The lowest BCUT2D eigenvalue weighted by Crippen LogP contribution is -2.56. The molecule has 0 bridgehead atoms. The second kappa shape index (κ2) is 12.5. The fourth-order valence-electron chi connectivity index (χ4n) is 6.31. The highest BCUT2D eigenvalue weighted by atomic mass is 16.5. The zero-order chi connectivity index (χ0) is 29.9. The molecule has 5 rings (SSSR count). The zero-order valence-corrected chi connectivity index (χ0v) is 24.8. The normalized spacial score (nSPS) is 25.5. The Morgan fingerprint density at radius 2 is 1.38 bits per heavy atom. The molecule has 0 aliphatic carbocycles. The van der Waals surface area contributed by atoms with Gasteiger partial charge in [-0.15, -0.1) is 0 Å². The second-order valence-electron chi connectivity index (χ2n) is 12.7. The Kier molecular flexibility index (Phi) is 8.85. The maximum Gasteiger partial charge on any atom is 0.246 e. The molecular formula is C33H42N4O5. The maximum atomic E-state index is 14.0. The summed E-state index contributed by atoms with van der Waals surface area (Å²) < 4.78 is 5.94. The van der Waals surface area contributed by atoms with Crippen LogP contribution in [-0.4, -0.2) is 76.3 Å². The van der Waals surface area contributed by atoms with Gasteiger partial charge in [0.05, 0.1) is 0 Å². The van der Waals surface area contributed by atoms with Gasteiger partial charge in [0.15, 0.2) is 0 Å². The average molecular weight is 575 g/mol. The lowest BCUT2D eigenvalue weighted by Gasteiger charge is -2.32. The molecule has 9 nitrogen and oxygen atoms in total. The summed E-state index contributed by atoms with van der Waals surface area (Å²) in [4.78, 5) is 58.1. The van der Waals surface area contributed by atoms with E-state index in [0.29, 0.717) is 38.8 Å². The lowest BCUT2D eigenvalue weighted by atomic mass is 10.0. The summed E-state index contributed by atoms with van der Waals surface area (Å²) in [5.74, 6) is -0.263. The van der Waals surface area contributed by atoms with Crippen LogP contribution in [0.4, 0.5) is 0 Å². The lowest BCUT2D eigenvalue weighted by molar-refractivity contribution is -0.147. The minimum atomic E-state index is -0.844. The summed E-state index contributed by atoms with van der Waals surface area (Å²) in [5.41, 5.74) is 1.52. The van der Waals surface area contributed by atoms with Crippen molar-refractivity contribution in [3.8, 4) is 5.75 Å². The van der Waals surface area contributed by atoms with Crippen molar-refractivity contribution in [1.29, 1.82) is 0 Å². The van der Waals surface area contributed by atoms with Gasteiger partial charge in [0.2, 0.25) is 23.6 Å². The first-order chi connectivity index (χ1) is 20.1. The van der Waals surface area contributed by atoms with E-state index in [1.165, 1.54) is 0 Å². The monoisotopic (exact) mass is 574 g/mol. The Morgan fingerprint density at radius 1 is 0.762 bits per heavy atom. The third kappa shape index (κ3) is 7.12. The molecule has 3 aliphatic heterocycles. The predicted octanol–water partition coefficient (Wildman–Crippen LogP) is 3.00. The number of fused-ring (bicyclic) bond motifs is 2. The minimum absolute atomic E-state index is 0.0207. The molecule has 0 aromatic heterocycles. The fraction of sp³-hybridized carbons (Fsp3) is 0.515. The van der Waals surface area contributed by atoms with Crippen molar-refractivity contribution in [3.63, 3.8) is 0 Å². The summed E-state index contributed by atoms with van der Waals surface area (Å²) in [5, 5.41) is 6.06. The van der Waals surface area contributed by atoms with Crippen LogP contribution in [-0.2, 0) is 32.0 Å². The smallest absolute Gasteiger partial charge is 0.246 e. The number of rotatable bonds is 5. The molecule has 0 radical (unpaired) electrons. The molecule has 3 fully saturated rings. The number of nitrogens with one attached hydrogen (secondary N) is 2. The Bertz CT molecular complexity index is 1290. The van der Waals surface area contributed by atoms with Gasteiger partial charge in [0.1, 0.15) is 29.5 Å². The molecule has 224 valence electrons. The third-order valence-electron chi connectivity index (χ3n) is 8.18. The van der Waals surface area contributed by atoms with Gasteiger partial charge in [-0.05, 0) is 76.1 Å². The highest BCUT2D eigenvalue weighted by Gasteiger charge is 2.44. The summed E-state index contributed by atoms with van der Waals surface area (Å²) in [6.07, 6.45) is 3.30. The standard InChI is InChI=1S/C33H42N4O5/c1-33(2,3)42-25-15-13-23(14-16-25)20-26-31(40)37-18-8-12-28(37)32(41)36-17-7-11-27(36)30(39)34-24(21-29(38)35-26)19-22-9-5-4-6-10-22/h4-6,9-10,13-16,24,26-28H,7-8,11-12,17-21H2,1-3H3,(H,34,39)(H,35,38)/t24-,26-,27-,28-/m0/s1. The van der Waals surface area contributed by atoms with Crippen LogP contribution in [0.3, 0.4) is 0 Å². The molecule has 0 saturated carbocycles. The van der Waals surface area contributed by atoms with Crippen LogP contribution in [0.5, 0.6) is 5.75 Å². The van der Waals surface area contributed by atoms with E-state index in [2.05, 4.69) is 10.6 Å². The molecule has 4 amide bonds. The first kappa shape index (κ1) is 29.6. The quantitative estimate of drug-likeness (QED) is 0.571. The Morgan fingerprint density at radius 3 is 2.05 bits per heavy atom. The zero-order valence-electron chi connectivity index (χ0n) is 24.8. The van der Waals surface area contributed by atoms with Gasteiger partial charge in [-0.3, -0.25) is 19.2 Å². The highest BCUT2D eigenvalue weighted by molar-refractivity contribution is 5.95. The molecule has 2 aromatic rings. The first-order valence-corrected chi connectivity index (χ1v) is 15.1. The number of hydrogen-bond acceptors (Lipinski definition) is 5. The van der Waals surface area contributed by atoms with E-state index in [9.17, 15) is 19.2 Å². The number of carbonyl (C=O) groups is 4. The fourth-order valence-corrected chi connectivity index (χ4v) is 6.31. The molecule has 2 N–H and O–H groups in total. The molecule has 3 heterocycles. The molecular weight excluding hydrogens is 532 g/mol. The van der Waals surface area contributed by atoms with Crippen LogP contribution < -0.4 is 15.4 Å². The molecule has 3 saturated heterocycles. The van der Waals surface area contributed by atoms with Crippen LogP contribution in [0.25, 0.3) is 0 Å². The van der Waals surface area contributed by atoms with E-state index in [1.54, 1.807) is 9.80 Å². The van der Waals surface area contributed by atoms with Gasteiger partial charge in [0.25, 0.3) is 0 Å². The Hall–Kier alpha value is -3.88. The predicted molar refractivity (Wildman–Crippen MR) is 159 cm³/mol. The van der Waals surface area contributed by atoms with Crippen LogP contribution in [0, 0.1) is 0 Å². The largest absolute Gasteiger partial charge is 0.488 e. The molecule has 3 aliphatic rings. The van der Waals surface area contributed by atoms with Gasteiger partial charge in [-0.25, -0.2) is 0 Å². The van der Waals surface area contributed by atoms with Crippen molar-refractivity contribution < 1.29 is 23.9 Å². The van der Waals surface area contributed by atoms with E-state index in [4.69, 9.17) is 4.74 Å².